The summed E-state index contributed by atoms with van der Waals surface area (Å²) in [5.74, 6) is 0.422. The average molecular weight is 479 g/mol. The molecule has 2 aromatic carbocycles. The molecule has 1 aliphatic rings. The number of benzene rings is 2. The van der Waals surface area contributed by atoms with E-state index in [9.17, 15) is 9.59 Å². The molecule has 1 fully saturated rings. The molecule has 4 rings (SSSR count). The lowest BCUT2D eigenvalue weighted by Gasteiger charge is -2.19. The second kappa shape index (κ2) is 11.6. The summed E-state index contributed by atoms with van der Waals surface area (Å²) in [5.41, 5.74) is 1.28. The zero-order valence-corrected chi connectivity index (χ0v) is 19.9. The molecule has 35 heavy (non-hydrogen) atoms. The zero-order valence-electron chi connectivity index (χ0n) is 19.9. The van der Waals surface area contributed by atoms with Gasteiger partial charge in [0, 0.05) is 31.2 Å². The van der Waals surface area contributed by atoms with E-state index in [-0.39, 0.29) is 29.7 Å². The number of carbonyl (C=O) groups excluding carboxylic acids is 2. The highest BCUT2D eigenvalue weighted by atomic mass is 16.5. The molecule has 0 aliphatic heterocycles. The van der Waals surface area contributed by atoms with Crippen molar-refractivity contribution in [3.63, 3.8) is 0 Å². The summed E-state index contributed by atoms with van der Waals surface area (Å²) in [4.78, 5) is 30.6. The number of methoxy groups -OCH3 is 1. The molecule has 1 aromatic heterocycles. The third-order valence-electron chi connectivity index (χ3n) is 6.08. The number of aromatic nitrogens is 2. The minimum Gasteiger partial charge on any atom is -0.493 e. The summed E-state index contributed by atoms with van der Waals surface area (Å²) in [6.45, 7) is 3.17. The second-order valence-electron chi connectivity index (χ2n) is 8.39. The minimum absolute atomic E-state index is 0.0821. The highest BCUT2D eigenvalue weighted by Gasteiger charge is 2.42. The summed E-state index contributed by atoms with van der Waals surface area (Å²) in [5, 5.41) is 10.1. The minimum atomic E-state index is -0.362. The number of para-hydroxylation sites is 1. The Labute approximate surface area is 204 Å². The van der Waals surface area contributed by atoms with Crippen LogP contribution in [0.25, 0.3) is 11.4 Å². The molecule has 0 unspecified atom stereocenters. The molecule has 184 valence electrons. The third kappa shape index (κ3) is 5.86. The van der Waals surface area contributed by atoms with E-state index >= 15 is 0 Å². The first-order valence-electron chi connectivity index (χ1n) is 11.8. The average Bonchev–Trinajstić information content (AvgIpc) is 3.53. The number of nitrogens with one attached hydrogen (secondary N) is 2. The highest BCUT2D eigenvalue weighted by molar-refractivity contribution is 5.97. The summed E-state index contributed by atoms with van der Waals surface area (Å²) < 4.78 is 16.3. The van der Waals surface area contributed by atoms with Crippen LogP contribution in [0.4, 0.5) is 0 Å². The molecule has 0 spiro atoms. The van der Waals surface area contributed by atoms with Crippen LogP contribution in [0.1, 0.15) is 41.9 Å². The van der Waals surface area contributed by atoms with Crippen molar-refractivity contribution in [2.75, 3.05) is 26.9 Å². The van der Waals surface area contributed by atoms with E-state index in [0.29, 0.717) is 55.6 Å². The maximum atomic E-state index is 13.2. The van der Waals surface area contributed by atoms with Crippen molar-refractivity contribution in [3.05, 3.63) is 66.1 Å². The molecular formula is C26H30N4O5. The number of rotatable bonds is 10. The van der Waals surface area contributed by atoms with E-state index in [4.69, 9.17) is 14.0 Å². The van der Waals surface area contributed by atoms with Crippen LogP contribution in [0.2, 0.25) is 0 Å². The molecular weight excluding hydrogens is 448 g/mol. The summed E-state index contributed by atoms with van der Waals surface area (Å²) in [6, 6.07) is 16.3. The van der Waals surface area contributed by atoms with Gasteiger partial charge in [0.1, 0.15) is 5.75 Å². The van der Waals surface area contributed by atoms with Gasteiger partial charge in [0.05, 0.1) is 24.7 Å². The van der Waals surface area contributed by atoms with Crippen LogP contribution in [0.15, 0.2) is 59.1 Å². The zero-order chi connectivity index (χ0) is 24.6. The highest BCUT2D eigenvalue weighted by Crippen LogP contribution is 2.39. The Morgan fingerprint density at radius 3 is 2.63 bits per heavy atom. The molecule has 3 atom stereocenters. The maximum Gasteiger partial charge on any atom is 0.255 e. The van der Waals surface area contributed by atoms with E-state index in [0.717, 1.165) is 5.56 Å². The van der Waals surface area contributed by atoms with Gasteiger partial charge >= 0.3 is 0 Å². The predicted octanol–water partition coefficient (Wildman–Crippen LogP) is 3.19. The molecule has 2 amide bonds. The monoisotopic (exact) mass is 478 g/mol. The summed E-state index contributed by atoms with van der Waals surface area (Å²) >= 11 is 0. The van der Waals surface area contributed by atoms with Gasteiger partial charge in [0.2, 0.25) is 17.6 Å². The van der Waals surface area contributed by atoms with E-state index in [2.05, 4.69) is 20.8 Å². The predicted molar refractivity (Wildman–Crippen MR) is 129 cm³/mol. The Hall–Kier alpha value is -3.72. The van der Waals surface area contributed by atoms with Gasteiger partial charge in [-0.25, -0.2) is 0 Å². The van der Waals surface area contributed by atoms with Gasteiger partial charge in [-0.3, -0.25) is 9.59 Å². The van der Waals surface area contributed by atoms with E-state index in [1.54, 1.807) is 25.3 Å². The summed E-state index contributed by atoms with van der Waals surface area (Å²) in [7, 11) is 1.59. The van der Waals surface area contributed by atoms with Crippen molar-refractivity contribution >= 4 is 11.8 Å². The number of ether oxygens (including phenoxy) is 2. The van der Waals surface area contributed by atoms with Crippen LogP contribution in [0.3, 0.4) is 0 Å². The van der Waals surface area contributed by atoms with Crippen LogP contribution in [0.5, 0.6) is 5.75 Å². The van der Waals surface area contributed by atoms with Gasteiger partial charge in [-0.2, -0.15) is 4.98 Å². The SMILES string of the molecule is CCOc1ccccc1C(=O)N[C@H]1C[C@H](C(=O)NCCOC)C[C@H]1c1nc(-c2ccccc2)no1. The standard InChI is InChI=1S/C26H30N4O5/c1-3-34-22-12-8-7-11-19(22)25(32)28-21-16-18(24(31)27-13-14-33-2)15-20(21)26-29-23(30-35-26)17-9-5-4-6-10-17/h4-12,18,20-21H,3,13-16H2,1-2H3,(H,27,31)(H,28,32)/t18-,20-,21+/m1/s1. The van der Waals surface area contributed by atoms with Crippen molar-refractivity contribution in [3.8, 4) is 17.1 Å². The quantitative estimate of drug-likeness (QED) is 0.430. The van der Waals surface area contributed by atoms with Gasteiger partial charge < -0.3 is 24.6 Å². The molecule has 1 saturated carbocycles. The van der Waals surface area contributed by atoms with E-state index < -0.39 is 0 Å². The normalized spacial score (nSPS) is 19.3. The molecule has 9 nitrogen and oxygen atoms in total. The Bertz CT molecular complexity index is 1130. The van der Waals surface area contributed by atoms with Crippen LogP contribution in [0, 0.1) is 5.92 Å². The fraction of sp³-hybridized carbons (Fsp3) is 0.385. The fourth-order valence-electron chi connectivity index (χ4n) is 4.38. The van der Waals surface area contributed by atoms with E-state index in [1.807, 2.05) is 43.3 Å². The van der Waals surface area contributed by atoms with Crippen molar-refractivity contribution < 1.29 is 23.6 Å². The van der Waals surface area contributed by atoms with Gasteiger partial charge in [0.25, 0.3) is 5.91 Å². The van der Waals surface area contributed by atoms with E-state index in [1.165, 1.54) is 0 Å². The molecule has 1 heterocycles. The Kier molecular flexibility index (Phi) is 8.10. The van der Waals surface area contributed by atoms with Crippen molar-refractivity contribution in [2.24, 2.45) is 5.92 Å². The second-order valence-corrected chi connectivity index (χ2v) is 8.39. The lowest BCUT2D eigenvalue weighted by atomic mass is 10.0. The first-order valence-corrected chi connectivity index (χ1v) is 11.8. The summed E-state index contributed by atoms with van der Waals surface area (Å²) in [6.07, 6.45) is 0.933. The lowest BCUT2D eigenvalue weighted by Crippen LogP contribution is -2.37. The molecule has 3 aromatic rings. The number of hydrogen-bond donors (Lipinski definition) is 2. The van der Waals surface area contributed by atoms with Crippen LogP contribution in [-0.4, -0.2) is 54.9 Å². The Morgan fingerprint density at radius 1 is 1.09 bits per heavy atom. The molecule has 0 bridgehead atoms. The van der Waals surface area contributed by atoms with Gasteiger partial charge in [-0.15, -0.1) is 0 Å². The first-order chi connectivity index (χ1) is 17.1. The number of nitrogens with zero attached hydrogens (tertiary/aromatic N) is 2. The van der Waals surface area contributed by atoms with Gasteiger partial charge in [-0.05, 0) is 31.9 Å². The molecule has 0 radical (unpaired) electrons. The van der Waals surface area contributed by atoms with Crippen molar-refractivity contribution in [1.29, 1.82) is 0 Å². The number of carbonyl (C=O) groups is 2. The van der Waals surface area contributed by atoms with Crippen LogP contribution >= 0.6 is 0 Å². The topological polar surface area (TPSA) is 116 Å². The molecule has 1 aliphatic carbocycles. The van der Waals surface area contributed by atoms with Crippen molar-refractivity contribution in [2.45, 2.75) is 31.7 Å². The number of hydrogen-bond acceptors (Lipinski definition) is 7. The molecule has 2 N–H and O–H groups in total. The molecule has 0 saturated heterocycles. The fourth-order valence-corrected chi connectivity index (χ4v) is 4.38. The van der Waals surface area contributed by atoms with Crippen molar-refractivity contribution in [1.82, 2.24) is 20.8 Å². The van der Waals surface area contributed by atoms with Gasteiger partial charge in [0.15, 0.2) is 0 Å². The largest absolute Gasteiger partial charge is 0.493 e. The van der Waals surface area contributed by atoms with Crippen LogP contribution in [-0.2, 0) is 9.53 Å². The number of amides is 2. The van der Waals surface area contributed by atoms with Crippen LogP contribution < -0.4 is 15.4 Å². The molecule has 9 heteroatoms. The Balaban J connectivity index is 1.56. The Morgan fingerprint density at radius 2 is 1.86 bits per heavy atom. The van der Waals surface area contributed by atoms with Gasteiger partial charge in [-0.1, -0.05) is 47.6 Å². The smallest absolute Gasteiger partial charge is 0.255 e. The first kappa shape index (κ1) is 24.4. The maximum absolute atomic E-state index is 13.2. The lowest BCUT2D eigenvalue weighted by molar-refractivity contribution is -0.125. The third-order valence-corrected chi connectivity index (χ3v) is 6.08.